The Kier molecular flexibility index (Phi) is 15.5. The van der Waals surface area contributed by atoms with Crippen molar-refractivity contribution in [1.29, 1.82) is 0 Å². The van der Waals surface area contributed by atoms with Crippen molar-refractivity contribution >= 4 is 121 Å². The van der Waals surface area contributed by atoms with E-state index in [1.54, 1.807) is 0 Å². The van der Waals surface area contributed by atoms with E-state index >= 15 is 0 Å². The van der Waals surface area contributed by atoms with Gasteiger partial charge in [-0.1, -0.05) is 222 Å². The Morgan fingerprint density at radius 1 is 0.369 bits per heavy atom. The van der Waals surface area contributed by atoms with Crippen molar-refractivity contribution in [3.05, 3.63) is 266 Å². The maximum absolute atomic E-state index is 5.24. The predicted octanol–water partition coefficient (Wildman–Crippen LogP) is 21.6. The van der Waals surface area contributed by atoms with Crippen molar-refractivity contribution in [2.45, 2.75) is 71.8 Å². The molecule has 0 bridgehead atoms. The van der Waals surface area contributed by atoms with Gasteiger partial charge in [0.25, 0.3) is 0 Å². The lowest BCUT2D eigenvalue weighted by atomic mass is 10.1. The predicted molar refractivity (Wildman–Crippen MR) is 362 cm³/mol. The van der Waals surface area contributed by atoms with Crippen LogP contribution in [0.4, 0.5) is 22.7 Å². The molecule has 412 valence electrons. The number of hydrogen-bond acceptors (Lipinski definition) is 4. The van der Waals surface area contributed by atoms with Gasteiger partial charge in [0.1, 0.15) is 0 Å². The van der Waals surface area contributed by atoms with Gasteiger partial charge in [-0.2, -0.15) is 10.2 Å². The normalized spacial score (nSPS) is 12.0. The van der Waals surface area contributed by atoms with Gasteiger partial charge in [0, 0.05) is 57.2 Å². The Balaban J connectivity index is 0.000000159. The third-order valence-corrected chi connectivity index (χ3v) is 16.8. The van der Waals surface area contributed by atoms with E-state index < -0.39 is 0 Å². The van der Waals surface area contributed by atoms with Crippen LogP contribution in [0.2, 0.25) is 0 Å². The molecule has 0 aliphatic heterocycles. The topological polar surface area (TPSA) is 41.1 Å². The highest BCUT2D eigenvalue weighted by molar-refractivity contribution is 6.12. The Hall–Kier alpha value is -9.78. The van der Waals surface area contributed by atoms with E-state index in [0.29, 0.717) is 0 Å². The number of anilines is 4. The number of para-hydroxylation sites is 2. The Morgan fingerprint density at radius 3 is 1.31 bits per heavy atom. The zero-order chi connectivity index (χ0) is 56.8. The highest BCUT2D eigenvalue weighted by Gasteiger charge is 2.16. The fourth-order valence-electron chi connectivity index (χ4n) is 12.3. The number of fused-ring (bicyclic) bond motifs is 10. The molecule has 0 aliphatic carbocycles. The standard InChI is InChI=1S/C43H43N3.C35H27N3/c1-2-3-4-5-6-7-8-15-28-45-42-21-14-13-20-40(42)41-29-33(22-27-43(41)45)32-44-46(38-25-23-34-16-9-11-18-36(34)30-38)39-26-24-35-17-10-12-19-37(35)31-39;1-24(27-17-20-35-33(23-27)32-13-7-8-14-34(32)37(35)2)36-38(30-18-15-25-9-3-5-11-28(25)21-30)31-19-16-26-10-4-6-12-29(26)22-31/h9-14,16-27,29-32H,2-8,15,28H2,1H3;3-23H,1-2H3/b44-32+;36-24+. The van der Waals surface area contributed by atoms with Gasteiger partial charge < -0.3 is 9.13 Å². The second-order valence-electron chi connectivity index (χ2n) is 22.4. The molecule has 0 aliphatic rings. The summed E-state index contributed by atoms with van der Waals surface area (Å²) in [7, 11) is 2.13. The van der Waals surface area contributed by atoms with Crippen LogP contribution in [0, 0.1) is 0 Å². The Morgan fingerprint density at radius 2 is 0.774 bits per heavy atom. The summed E-state index contributed by atoms with van der Waals surface area (Å²) in [6, 6.07) is 91.1. The lowest BCUT2D eigenvalue weighted by Crippen LogP contribution is -2.12. The molecule has 0 fully saturated rings. The molecule has 0 N–H and O–H groups in total. The number of aromatic nitrogens is 2. The van der Waals surface area contributed by atoms with E-state index in [2.05, 4.69) is 295 Å². The fraction of sp³-hybridized carbons (Fsp3) is 0.154. The molecule has 0 amide bonds. The number of nitrogens with zero attached hydrogens (tertiary/aromatic N) is 6. The number of hydrogen-bond donors (Lipinski definition) is 0. The Bertz CT molecular complexity index is 4570. The van der Waals surface area contributed by atoms with E-state index in [1.807, 2.05) is 6.21 Å². The summed E-state index contributed by atoms with van der Waals surface area (Å²) >= 11 is 0. The van der Waals surface area contributed by atoms with Gasteiger partial charge in [-0.15, -0.1) is 0 Å². The summed E-state index contributed by atoms with van der Waals surface area (Å²) in [5.41, 5.74) is 12.4. The average molecular weight is 1090 g/mol. The maximum atomic E-state index is 5.24. The number of benzene rings is 12. The number of rotatable bonds is 17. The minimum atomic E-state index is 0.959. The number of unbranched alkanes of at least 4 members (excludes halogenated alkanes) is 7. The molecule has 6 nitrogen and oxygen atoms in total. The van der Waals surface area contributed by atoms with Gasteiger partial charge >= 0.3 is 0 Å². The van der Waals surface area contributed by atoms with Gasteiger partial charge in [0.15, 0.2) is 0 Å². The van der Waals surface area contributed by atoms with Gasteiger partial charge in [0.05, 0.1) is 34.7 Å². The van der Waals surface area contributed by atoms with Crippen LogP contribution < -0.4 is 10.0 Å². The van der Waals surface area contributed by atoms with Crippen molar-refractivity contribution in [3.63, 3.8) is 0 Å². The summed E-state index contributed by atoms with van der Waals surface area (Å²) < 4.78 is 4.79. The number of hydrazone groups is 2. The maximum Gasteiger partial charge on any atom is 0.0659 e. The molecule has 6 heteroatoms. The Labute approximate surface area is 492 Å². The van der Waals surface area contributed by atoms with Crippen molar-refractivity contribution in [2.24, 2.45) is 17.3 Å². The van der Waals surface area contributed by atoms with E-state index in [9.17, 15) is 0 Å². The largest absolute Gasteiger partial charge is 0.344 e. The van der Waals surface area contributed by atoms with E-state index in [1.165, 1.54) is 138 Å². The summed E-state index contributed by atoms with van der Waals surface area (Å²) in [6.07, 6.45) is 12.7. The van der Waals surface area contributed by atoms with Crippen molar-refractivity contribution in [1.82, 2.24) is 9.13 Å². The molecule has 12 aromatic carbocycles. The smallest absolute Gasteiger partial charge is 0.0659 e. The van der Waals surface area contributed by atoms with Gasteiger partial charge in [0.2, 0.25) is 0 Å². The molecule has 0 saturated heterocycles. The molecule has 0 radical (unpaired) electrons. The third-order valence-electron chi connectivity index (χ3n) is 16.8. The fourth-order valence-corrected chi connectivity index (χ4v) is 12.3. The van der Waals surface area contributed by atoms with Crippen LogP contribution in [0.3, 0.4) is 0 Å². The van der Waals surface area contributed by atoms with Gasteiger partial charge in [-0.3, -0.25) is 0 Å². The second kappa shape index (κ2) is 24.4. The molecule has 0 spiro atoms. The lowest BCUT2D eigenvalue weighted by Gasteiger charge is -2.22. The highest BCUT2D eigenvalue weighted by atomic mass is 15.5. The number of aryl methyl sites for hydroxylation is 2. The molecule has 14 aromatic rings. The zero-order valence-electron chi connectivity index (χ0n) is 48.4. The second-order valence-corrected chi connectivity index (χ2v) is 22.4. The molecule has 2 aromatic heterocycles. The van der Waals surface area contributed by atoms with Crippen LogP contribution in [0.1, 0.15) is 76.3 Å². The molecule has 2 heterocycles. The van der Waals surface area contributed by atoms with Gasteiger partial charge in [-0.25, -0.2) is 10.0 Å². The average Bonchev–Trinajstić information content (AvgIpc) is 2.67. The molecule has 84 heavy (non-hydrogen) atoms. The van der Waals surface area contributed by atoms with E-state index in [0.717, 1.165) is 46.1 Å². The van der Waals surface area contributed by atoms with Crippen LogP contribution in [0.5, 0.6) is 0 Å². The summed E-state index contributed by atoms with van der Waals surface area (Å²) in [5.74, 6) is 0. The summed E-state index contributed by atoms with van der Waals surface area (Å²) in [4.78, 5) is 0. The molecule has 0 saturated carbocycles. The first kappa shape index (κ1) is 53.5. The van der Waals surface area contributed by atoms with E-state index in [-0.39, 0.29) is 0 Å². The minimum absolute atomic E-state index is 0.959. The molecule has 14 rings (SSSR count). The highest BCUT2D eigenvalue weighted by Crippen LogP contribution is 2.36. The first-order chi connectivity index (χ1) is 41.4. The third kappa shape index (κ3) is 11.2. The first-order valence-corrected chi connectivity index (χ1v) is 30.1. The molecule has 0 unspecified atom stereocenters. The molecular formula is C78H70N6. The monoisotopic (exact) mass is 1090 g/mol. The van der Waals surface area contributed by atoms with Crippen LogP contribution in [-0.2, 0) is 13.6 Å². The van der Waals surface area contributed by atoms with Crippen LogP contribution in [0.25, 0.3) is 86.7 Å². The molecule has 0 atom stereocenters. The van der Waals surface area contributed by atoms with Gasteiger partial charge in [-0.05, 0) is 152 Å². The summed E-state index contributed by atoms with van der Waals surface area (Å²) in [6.45, 7) is 5.44. The van der Waals surface area contributed by atoms with Crippen LogP contribution in [-0.4, -0.2) is 21.1 Å². The zero-order valence-corrected chi connectivity index (χ0v) is 48.4. The first-order valence-electron chi connectivity index (χ1n) is 30.1. The quantitative estimate of drug-likeness (QED) is 0.0518. The molecular weight excluding hydrogens is 1020 g/mol. The SMILES string of the molecule is C/C(=N\N(c1ccc2ccccc2c1)c1ccc2ccccc2c1)c1ccc2c(c1)c1ccccc1n2C.CCCCCCCCCCn1c2ccccc2c2cc(/C=N/N(c3ccc4ccccc4c3)c3ccc4ccccc4c3)ccc21. The van der Waals surface area contributed by atoms with Crippen molar-refractivity contribution in [3.8, 4) is 0 Å². The van der Waals surface area contributed by atoms with Crippen molar-refractivity contribution in [2.75, 3.05) is 10.0 Å². The lowest BCUT2D eigenvalue weighted by molar-refractivity contribution is 0.553. The summed E-state index contributed by atoms with van der Waals surface area (Å²) in [5, 5.41) is 29.3. The van der Waals surface area contributed by atoms with Crippen molar-refractivity contribution < 1.29 is 0 Å². The van der Waals surface area contributed by atoms with Crippen LogP contribution >= 0.6 is 0 Å². The van der Waals surface area contributed by atoms with Crippen LogP contribution in [0.15, 0.2) is 265 Å². The van der Waals surface area contributed by atoms with E-state index in [4.69, 9.17) is 10.2 Å². The minimum Gasteiger partial charge on any atom is -0.344 e.